The molecule has 1 aromatic heterocycles. The van der Waals surface area contributed by atoms with E-state index >= 15 is 0 Å². The number of rotatable bonds is 9. The number of hydrogen-bond donors (Lipinski definition) is 0. The average molecular weight is 527 g/mol. The lowest BCUT2D eigenvalue weighted by molar-refractivity contribution is -0.138. The van der Waals surface area contributed by atoms with Crippen LogP contribution >= 0.6 is 0 Å². The van der Waals surface area contributed by atoms with Gasteiger partial charge >= 0.3 is 6.18 Å². The highest BCUT2D eigenvalue weighted by molar-refractivity contribution is 5.70. The van der Waals surface area contributed by atoms with Crippen LogP contribution in [-0.4, -0.2) is 36.2 Å². The van der Waals surface area contributed by atoms with Crippen molar-refractivity contribution in [1.82, 2.24) is 9.88 Å². The van der Waals surface area contributed by atoms with E-state index in [1.165, 1.54) is 17.2 Å². The zero-order chi connectivity index (χ0) is 27.3. The number of hydrogen-bond acceptors (Lipinski definition) is 4. The summed E-state index contributed by atoms with van der Waals surface area (Å²) in [5.74, 6) is 0.753. The minimum absolute atomic E-state index is 0.0282. The molecule has 1 saturated heterocycles. The van der Waals surface area contributed by atoms with Crippen LogP contribution < -0.4 is 4.74 Å². The molecule has 0 aliphatic carbocycles. The van der Waals surface area contributed by atoms with Gasteiger partial charge < -0.3 is 9.47 Å². The Hall–Kier alpha value is -2.90. The smallest absolute Gasteiger partial charge is 0.416 e. The molecule has 0 atom stereocenters. The van der Waals surface area contributed by atoms with Gasteiger partial charge in [-0.25, -0.2) is 0 Å². The van der Waals surface area contributed by atoms with Gasteiger partial charge in [-0.3, -0.25) is 9.88 Å². The first-order valence-electron chi connectivity index (χ1n) is 13.4. The van der Waals surface area contributed by atoms with Crippen molar-refractivity contribution >= 4 is 0 Å². The molecule has 204 valence electrons. The van der Waals surface area contributed by atoms with Crippen molar-refractivity contribution in [2.75, 3.05) is 20.3 Å². The Morgan fingerprint density at radius 2 is 1.58 bits per heavy atom. The second kappa shape index (κ2) is 12.3. The third-order valence-corrected chi connectivity index (χ3v) is 7.20. The summed E-state index contributed by atoms with van der Waals surface area (Å²) in [6.45, 7) is 8.15. The summed E-state index contributed by atoms with van der Waals surface area (Å²) < 4.78 is 52.9. The monoisotopic (exact) mass is 526 g/mol. The zero-order valence-electron chi connectivity index (χ0n) is 22.7. The molecule has 0 radical (unpaired) electrons. The van der Waals surface area contributed by atoms with Crippen LogP contribution in [0, 0.1) is 6.92 Å². The summed E-state index contributed by atoms with van der Waals surface area (Å²) >= 11 is 0. The quantitative estimate of drug-likeness (QED) is 0.291. The standard InChI is InChI=1S/C31H37F3N2O2/c1-5-22-11-9-12-23(6-2)30(22)28-18-29(38-25-14-16-37-17-15-25)26(21(3)35-28)20-36(4)19-24-10-7-8-13-27(24)31(32,33)34/h7-13,18,25H,5-6,14-17,19-20H2,1-4H3. The zero-order valence-corrected chi connectivity index (χ0v) is 22.7. The molecule has 3 aromatic rings. The van der Waals surface area contributed by atoms with Gasteiger partial charge in [-0.05, 0) is 49.6 Å². The maximum Gasteiger partial charge on any atom is 0.416 e. The summed E-state index contributed by atoms with van der Waals surface area (Å²) in [4.78, 5) is 6.91. The second-order valence-corrected chi connectivity index (χ2v) is 9.98. The number of pyridine rings is 1. The van der Waals surface area contributed by atoms with E-state index in [1.807, 2.05) is 24.9 Å². The van der Waals surface area contributed by atoms with Crippen molar-refractivity contribution in [2.45, 2.75) is 71.8 Å². The van der Waals surface area contributed by atoms with Gasteiger partial charge in [0.1, 0.15) is 11.9 Å². The first-order valence-corrected chi connectivity index (χ1v) is 13.4. The summed E-state index contributed by atoms with van der Waals surface area (Å²) in [7, 11) is 1.83. The lowest BCUT2D eigenvalue weighted by Crippen LogP contribution is -2.27. The van der Waals surface area contributed by atoms with Crippen molar-refractivity contribution in [3.05, 3.63) is 82.0 Å². The molecule has 0 bridgehead atoms. The third-order valence-electron chi connectivity index (χ3n) is 7.20. The minimum atomic E-state index is -4.39. The van der Waals surface area contributed by atoms with Gasteiger partial charge in [-0.1, -0.05) is 50.2 Å². The molecule has 2 aromatic carbocycles. The minimum Gasteiger partial charge on any atom is -0.490 e. The number of halogens is 3. The lowest BCUT2D eigenvalue weighted by Gasteiger charge is -2.27. The fraction of sp³-hybridized carbons (Fsp3) is 0.452. The Labute approximate surface area is 223 Å². The molecule has 1 aliphatic heterocycles. The second-order valence-electron chi connectivity index (χ2n) is 9.98. The van der Waals surface area contributed by atoms with E-state index in [0.29, 0.717) is 19.8 Å². The number of nitrogens with zero attached hydrogens (tertiary/aromatic N) is 2. The van der Waals surface area contributed by atoms with E-state index in [0.717, 1.165) is 60.0 Å². The van der Waals surface area contributed by atoms with Crippen molar-refractivity contribution in [1.29, 1.82) is 0 Å². The van der Waals surface area contributed by atoms with Crippen molar-refractivity contribution in [3.63, 3.8) is 0 Å². The number of aromatic nitrogens is 1. The molecule has 0 amide bonds. The SMILES string of the molecule is CCc1cccc(CC)c1-c1cc(OC2CCOCC2)c(CN(C)Cc2ccccc2C(F)(F)F)c(C)n1. The summed E-state index contributed by atoms with van der Waals surface area (Å²) in [5, 5.41) is 0. The van der Waals surface area contributed by atoms with Crippen LogP contribution in [0.4, 0.5) is 13.2 Å². The molecule has 1 fully saturated rings. The molecular weight excluding hydrogens is 489 g/mol. The molecule has 4 nitrogen and oxygen atoms in total. The molecule has 0 spiro atoms. The average Bonchev–Trinajstić information content (AvgIpc) is 2.90. The van der Waals surface area contributed by atoms with Crippen molar-refractivity contribution in [3.8, 4) is 17.0 Å². The maximum atomic E-state index is 13.6. The van der Waals surface area contributed by atoms with Crippen LogP contribution in [-0.2, 0) is 36.8 Å². The predicted molar refractivity (Wildman–Crippen MR) is 144 cm³/mol. The normalized spacial score (nSPS) is 14.7. The summed E-state index contributed by atoms with van der Waals surface area (Å²) in [6, 6.07) is 14.2. The Balaban J connectivity index is 1.71. The molecule has 0 saturated carbocycles. The van der Waals surface area contributed by atoms with E-state index in [2.05, 4.69) is 32.0 Å². The van der Waals surface area contributed by atoms with Gasteiger partial charge in [-0.2, -0.15) is 13.2 Å². The molecule has 4 rings (SSSR count). The Kier molecular flexibility index (Phi) is 9.11. The number of alkyl halides is 3. The summed E-state index contributed by atoms with van der Waals surface area (Å²) in [6.07, 6.45) is -0.975. The van der Waals surface area contributed by atoms with Crippen LogP contribution in [0.3, 0.4) is 0 Å². The first kappa shape index (κ1) is 28.1. The van der Waals surface area contributed by atoms with Crippen molar-refractivity contribution < 1.29 is 22.6 Å². The Bertz CT molecular complexity index is 1210. The van der Waals surface area contributed by atoms with E-state index in [4.69, 9.17) is 14.5 Å². The molecule has 38 heavy (non-hydrogen) atoms. The number of aryl methyl sites for hydroxylation is 3. The molecule has 0 unspecified atom stereocenters. The predicted octanol–water partition coefficient (Wildman–Crippen LogP) is 7.39. The molecular formula is C31H37F3N2O2. The van der Waals surface area contributed by atoms with Crippen LogP contribution in [0.15, 0.2) is 48.5 Å². The Morgan fingerprint density at radius 1 is 0.947 bits per heavy atom. The van der Waals surface area contributed by atoms with Gasteiger partial charge in [0.15, 0.2) is 0 Å². The number of ether oxygens (including phenoxy) is 2. The summed E-state index contributed by atoms with van der Waals surface area (Å²) in [5.41, 5.74) is 5.89. The third kappa shape index (κ3) is 6.56. The van der Waals surface area contributed by atoms with E-state index in [-0.39, 0.29) is 18.2 Å². The molecule has 0 N–H and O–H groups in total. The lowest BCUT2D eigenvalue weighted by atomic mass is 9.94. The van der Waals surface area contributed by atoms with Crippen LogP contribution in [0.2, 0.25) is 0 Å². The van der Waals surface area contributed by atoms with Gasteiger partial charge in [-0.15, -0.1) is 0 Å². The highest BCUT2D eigenvalue weighted by Gasteiger charge is 2.33. The fourth-order valence-electron chi connectivity index (χ4n) is 5.19. The van der Waals surface area contributed by atoms with Gasteiger partial charge in [0, 0.05) is 48.8 Å². The topological polar surface area (TPSA) is 34.6 Å². The highest BCUT2D eigenvalue weighted by atomic mass is 19.4. The fourth-order valence-corrected chi connectivity index (χ4v) is 5.19. The Morgan fingerprint density at radius 3 is 2.21 bits per heavy atom. The van der Waals surface area contributed by atoms with Crippen molar-refractivity contribution in [2.24, 2.45) is 0 Å². The first-order chi connectivity index (χ1) is 18.2. The molecule has 2 heterocycles. The van der Waals surface area contributed by atoms with E-state index < -0.39 is 11.7 Å². The maximum absolute atomic E-state index is 13.6. The molecule has 1 aliphatic rings. The highest BCUT2D eigenvalue weighted by Crippen LogP contribution is 2.36. The van der Waals surface area contributed by atoms with Crippen LogP contribution in [0.25, 0.3) is 11.3 Å². The van der Waals surface area contributed by atoms with Crippen LogP contribution in [0.5, 0.6) is 5.75 Å². The van der Waals surface area contributed by atoms with Crippen LogP contribution in [0.1, 0.15) is 60.2 Å². The largest absolute Gasteiger partial charge is 0.490 e. The van der Waals surface area contributed by atoms with Gasteiger partial charge in [0.2, 0.25) is 0 Å². The molecule has 7 heteroatoms. The number of benzene rings is 2. The van der Waals surface area contributed by atoms with Gasteiger partial charge in [0.05, 0.1) is 24.5 Å². The van der Waals surface area contributed by atoms with E-state index in [1.54, 1.807) is 12.1 Å². The van der Waals surface area contributed by atoms with E-state index in [9.17, 15) is 13.2 Å². The van der Waals surface area contributed by atoms with Gasteiger partial charge in [0.25, 0.3) is 0 Å².